The van der Waals surface area contributed by atoms with E-state index in [2.05, 4.69) is 0 Å². The maximum Gasteiger partial charge on any atom is 0.238 e. The van der Waals surface area contributed by atoms with Gasteiger partial charge in [0.25, 0.3) is 0 Å². The molecule has 0 saturated heterocycles. The van der Waals surface area contributed by atoms with Gasteiger partial charge in [-0.25, -0.2) is 4.98 Å². The predicted octanol–water partition coefficient (Wildman–Crippen LogP) is 11.8. The van der Waals surface area contributed by atoms with E-state index >= 15 is 0 Å². The molecule has 11 rings (SSSR count). The average Bonchev–Trinajstić information content (AvgIpc) is 3.95. The van der Waals surface area contributed by atoms with Crippen molar-refractivity contribution >= 4 is 65.7 Å². The molecule has 6 heteroatoms. The smallest absolute Gasteiger partial charge is 0.238 e. The van der Waals surface area contributed by atoms with Crippen LogP contribution in [0.5, 0.6) is 0 Å². The SMILES string of the molecule is [2H]c1c([2H])c([2H])c(-c2nc(-c3ccc4c(c3)oc3cccc(-c5c([2H])c([2H])c([2H])c([2H])c5[2H])c34)nc(-n3c4ccccc4c4c5c(ccc43)oc3ccccc35)n2)c([2H])c1[2H]. The van der Waals surface area contributed by atoms with Gasteiger partial charge in [0.15, 0.2) is 11.6 Å². The lowest BCUT2D eigenvalue weighted by molar-refractivity contribution is 0.669. The number of rotatable bonds is 4. The molecule has 0 unspecified atom stereocenters. The van der Waals surface area contributed by atoms with Crippen LogP contribution in [0.3, 0.4) is 0 Å². The van der Waals surface area contributed by atoms with E-state index in [4.69, 9.17) is 37.5 Å². The van der Waals surface area contributed by atoms with Crippen molar-refractivity contribution in [1.29, 1.82) is 0 Å². The van der Waals surface area contributed by atoms with Crippen LogP contribution in [0.4, 0.5) is 0 Å². The quantitative estimate of drug-likeness (QED) is 0.187. The third-order valence-corrected chi connectivity index (χ3v) is 9.25. The van der Waals surface area contributed by atoms with Crippen LogP contribution in [0, 0.1) is 0 Å². The van der Waals surface area contributed by atoms with Crippen molar-refractivity contribution in [3.05, 3.63) is 157 Å². The number of para-hydroxylation sites is 2. The van der Waals surface area contributed by atoms with Crippen molar-refractivity contribution in [2.24, 2.45) is 0 Å². The summed E-state index contributed by atoms with van der Waals surface area (Å²) < 4.78 is 99.4. The molecule has 6 nitrogen and oxygen atoms in total. The second kappa shape index (κ2) is 10.7. The van der Waals surface area contributed by atoms with Crippen molar-refractivity contribution in [2.45, 2.75) is 0 Å². The molecule has 0 fully saturated rings. The third-order valence-electron chi connectivity index (χ3n) is 9.25. The second-order valence-electron chi connectivity index (χ2n) is 12.1. The Kier molecular flexibility index (Phi) is 4.17. The number of nitrogens with zero attached hydrogens (tertiary/aromatic N) is 4. The minimum absolute atomic E-state index is 0.0422. The highest BCUT2D eigenvalue weighted by Gasteiger charge is 2.22. The molecular formula is C45H26N4O2. The molecule has 0 saturated carbocycles. The first-order chi connectivity index (χ1) is 29.4. The van der Waals surface area contributed by atoms with Crippen molar-refractivity contribution < 1.29 is 22.5 Å². The van der Waals surface area contributed by atoms with Gasteiger partial charge < -0.3 is 8.83 Å². The van der Waals surface area contributed by atoms with Gasteiger partial charge in [0.2, 0.25) is 5.95 Å². The van der Waals surface area contributed by atoms with Gasteiger partial charge in [-0.1, -0.05) is 115 Å². The summed E-state index contributed by atoms with van der Waals surface area (Å²) in [7, 11) is 0. The summed E-state index contributed by atoms with van der Waals surface area (Å²) in [5.41, 5.74) is 4.38. The number of hydrogen-bond acceptors (Lipinski definition) is 5. The molecule has 0 amide bonds. The molecule has 0 atom stereocenters. The Labute approximate surface area is 304 Å². The summed E-state index contributed by atoms with van der Waals surface area (Å²) >= 11 is 0. The minimum Gasteiger partial charge on any atom is -0.456 e. The number of benzene rings is 7. The molecule has 0 N–H and O–H groups in total. The first kappa shape index (κ1) is 19.8. The average molecular weight is 665 g/mol. The van der Waals surface area contributed by atoms with Gasteiger partial charge in [0.05, 0.1) is 24.7 Å². The monoisotopic (exact) mass is 664 g/mol. The Balaban J connectivity index is 1.19. The lowest BCUT2D eigenvalue weighted by Crippen LogP contribution is -2.06. The zero-order chi connectivity index (χ0) is 42.2. The number of aromatic nitrogens is 4. The standard InChI is InChI=1S/C45H26N4O2/c1-3-12-27(13-4-1)30-18-11-21-37-40(30)33-23-22-29(26-39(33)51-37)44-46-43(28-14-5-2-6-15-28)47-45(48-44)49-34-19-9-7-16-31(34)41-35(49)24-25-38-42(41)32-17-8-10-20-36(32)50-38/h1-26H/i1D,2D,3D,4D,5D,6D,12D,13D,14D,15D. The van der Waals surface area contributed by atoms with E-state index in [1.54, 1.807) is 36.4 Å². The van der Waals surface area contributed by atoms with Gasteiger partial charge in [-0.2, -0.15) is 9.97 Å². The summed E-state index contributed by atoms with van der Waals surface area (Å²) in [5, 5.41) is 4.75. The molecule has 0 bridgehead atoms. The topological polar surface area (TPSA) is 69.9 Å². The molecule has 238 valence electrons. The summed E-state index contributed by atoms with van der Waals surface area (Å²) in [6.07, 6.45) is 0. The molecule has 7 aromatic carbocycles. The highest BCUT2D eigenvalue weighted by molar-refractivity contribution is 6.27. The van der Waals surface area contributed by atoms with Gasteiger partial charge in [-0.05, 0) is 53.6 Å². The first-order valence-corrected chi connectivity index (χ1v) is 16.1. The number of hydrogen-bond donors (Lipinski definition) is 0. The Bertz CT molecular complexity index is 3690. The number of fused-ring (bicyclic) bond motifs is 10. The van der Waals surface area contributed by atoms with Gasteiger partial charge in [0, 0.05) is 43.4 Å². The fraction of sp³-hybridized carbons (Fsp3) is 0. The van der Waals surface area contributed by atoms with E-state index in [1.807, 2.05) is 65.2 Å². The number of furan rings is 2. The predicted molar refractivity (Wildman–Crippen MR) is 205 cm³/mol. The van der Waals surface area contributed by atoms with E-state index in [9.17, 15) is 0 Å². The Morgan fingerprint density at radius 3 is 1.96 bits per heavy atom. The van der Waals surface area contributed by atoms with E-state index in [0.29, 0.717) is 38.6 Å². The Morgan fingerprint density at radius 1 is 0.451 bits per heavy atom. The van der Waals surface area contributed by atoms with E-state index in [1.165, 1.54) is 0 Å². The van der Waals surface area contributed by atoms with Crippen LogP contribution in [-0.2, 0) is 0 Å². The lowest BCUT2D eigenvalue weighted by atomic mass is 9.99. The summed E-state index contributed by atoms with van der Waals surface area (Å²) in [5.74, 6) is 0.0880. The van der Waals surface area contributed by atoms with Gasteiger partial charge >= 0.3 is 0 Å². The third kappa shape index (κ3) is 4.20. The molecule has 11 aromatic rings. The van der Waals surface area contributed by atoms with Crippen molar-refractivity contribution in [2.75, 3.05) is 0 Å². The first-order valence-electron chi connectivity index (χ1n) is 21.1. The fourth-order valence-electron chi connectivity index (χ4n) is 7.12. The molecule has 0 spiro atoms. The van der Waals surface area contributed by atoms with Gasteiger partial charge in [0.1, 0.15) is 22.3 Å². The van der Waals surface area contributed by atoms with Crippen molar-refractivity contribution in [3.63, 3.8) is 0 Å². The molecule has 0 radical (unpaired) electrons. The molecule has 4 heterocycles. The second-order valence-corrected chi connectivity index (χ2v) is 12.1. The van der Waals surface area contributed by atoms with E-state index in [-0.39, 0.29) is 40.8 Å². The maximum atomic E-state index is 8.87. The Hall–Kier alpha value is -7.05. The zero-order valence-corrected chi connectivity index (χ0v) is 26.3. The van der Waals surface area contributed by atoms with Crippen molar-refractivity contribution in [3.8, 4) is 39.9 Å². The molecule has 51 heavy (non-hydrogen) atoms. The van der Waals surface area contributed by atoms with Crippen LogP contribution in [-0.4, -0.2) is 19.5 Å². The zero-order valence-electron chi connectivity index (χ0n) is 36.3. The van der Waals surface area contributed by atoms with Crippen LogP contribution in [0.1, 0.15) is 13.7 Å². The van der Waals surface area contributed by atoms with Crippen LogP contribution in [0.25, 0.3) is 106 Å². The summed E-state index contributed by atoms with van der Waals surface area (Å²) in [6, 6.07) is 25.1. The van der Waals surface area contributed by atoms with Crippen LogP contribution >= 0.6 is 0 Å². The molecular weight excluding hydrogens is 629 g/mol. The minimum atomic E-state index is -0.551. The van der Waals surface area contributed by atoms with Crippen LogP contribution in [0.2, 0.25) is 0 Å². The molecule has 4 aromatic heterocycles. The largest absolute Gasteiger partial charge is 0.456 e. The van der Waals surface area contributed by atoms with E-state index in [0.717, 1.165) is 38.2 Å². The van der Waals surface area contributed by atoms with Gasteiger partial charge in [-0.3, -0.25) is 4.57 Å². The highest BCUT2D eigenvalue weighted by atomic mass is 16.3. The van der Waals surface area contributed by atoms with Crippen molar-refractivity contribution in [1.82, 2.24) is 19.5 Å². The maximum absolute atomic E-state index is 8.87. The normalized spacial score (nSPS) is 14.7. The lowest BCUT2D eigenvalue weighted by Gasteiger charge is -2.11. The Morgan fingerprint density at radius 2 is 1.12 bits per heavy atom. The van der Waals surface area contributed by atoms with Crippen LogP contribution < -0.4 is 0 Å². The fourth-order valence-corrected chi connectivity index (χ4v) is 7.12. The molecule has 0 aliphatic rings. The molecule has 0 aliphatic heterocycles. The summed E-state index contributed by atoms with van der Waals surface area (Å²) in [6.45, 7) is 0. The van der Waals surface area contributed by atoms with Crippen LogP contribution in [0.15, 0.2) is 166 Å². The van der Waals surface area contributed by atoms with E-state index < -0.39 is 48.3 Å². The summed E-state index contributed by atoms with van der Waals surface area (Å²) in [4.78, 5) is 14.6. The molecule has 0 aliphatic carbocycles. The highest BCUT2D eigenvalue weighted by Crippen LogP contribution is 2.42. The van der Waals surface area contributed by atoms with Gasteiger partial charge in [-0.15, -0.1) is 0 Å².